The maximum atomic E-state index is 14.3. The molecule has 2 aromatic rings. The molecule has 2 amide bonds. The van der Waals surface area contributed by atoms with E-state index in [1.807, 2.05) is 0 Å². The molecule has 0 bridgehead atoms. The highest BCUT2D eigenvalue weighted by atomic mass is 19.1. The number of hydrogen-bond acceptors (Lipinski definition) is 6. The van der Waals surface area contributed by atoms with E-state index in [-0.39, 0.29) is 17.4 Å². The van der Waals surface area contributed by atoms with E-state index in [2.05, 4.69) is 26.4 Å². The largest absolute Gasteiger partial charge is 0.326 e. The zero-order valence-electron chi connectivity index (χ0n) is 12.5. The van der Waals surface area contributed by atoms with Gasteiger partial charge in [-0.05, 0) is 18.2 Å². The first kappa shape index (κ1) is 15.6. The van der Waals surface area contributed by atoms with E-state index in [4.69, 9.17) is 4.84 Å². The molecule has 0 saturated heterocycles. The second kappa shape index (κ2) is 6.46. The van der Waals surface area contributed by atoms with Gasteiger partial charge in [-0.25, -0.2) is 13.9 Å². The van der Waals surface area contributed by atoms with E-state index in [0.717, 1.165) is 0 Å². The van der Waals surface area contributed by atoms with Gasteiger partial charge in [0.25, 0.3) is 0 Å². The lowest BCUT2D eigenvalue weighted by molar-refractivity contribution is -0.122. The molecule has 3 N–H and O–H groups in total. The van der Waals surface area contributed by atoms with E-state index < -0.39 is 12.0 Å². The number of nitrogens with one attached hydrogen (secondary N) is 3. The summed E-state index contributed by atoms with van der Waals surface area (Å²) < 4.78 is 15.6. The fraction of sp³-hybridized carbons (Fsp3) is 0.143. The summed E-state index contributed by atoms with van der Waals surface area (Å²) in [5.41, 5.74) is 3.87. The van der Waals surface area contributed by atoms with Crippen molar-refractivity contribution in [1.82, 2.24) is 25.8 Å². The van der Waals surface area contributed by atoms with Gasteiger partial charge in [-0.2, -0.15) is 0 Å². The van der Waals surface area contributed by atoms with Crippen LogP contribution in [0.25, 0.3) is 11.4 Å². The number of hydroxylamine groups is 1. The van der Waals surface area contributed by atoms with Crippen LogP contribution in [0.3, 0.4) is 0 Å². The summed E-state index contributed by atoms with van der Waals surface area (Å²) in [6.07, 6.45) is 2.84. The third-order valence-corrected chi connectivity index (χ3v) is 3.17. The van der Waals surface area contributed by atoms with Gasteiger partial charge in [-0.1, -0.05) is 11.3 Å². The number of benzene rings is 1. The number of rotatable bonds is 5. The normalized spacial score (nSPS) is 16.2. The van der Waals surface area contributed by atoms with Gasteiger partial charge in [0.15, 0.2) is 12.0 Å². The lowest BCUT2D eigenvalue weighted by atomic mass is 10.1. The zero-order chi connectivity index (χ0) is 17.1. The fourth-order valence-electron chi connectivity index (χ4n) is 2.14. The van der Waals surface area contributed by atoms with Gasteiger partial charge in [0.05, 0.1) is 11.9 Å². The fourth-order valence-corrected chi connectivity index (χ4v) is 2.14. The van der Waals surface area contributed by atoms with Crippen molar-refractivity contribution >= 4 is 23.8 Å². The molecule has 3 rings (SSSR count). The number of carbonyl (C=O) groups excluding carboxylic acids is 2. The zero-order valence-corrected chi connectivity index (χ0v) is 12.5. The predicted molar refractivity (Wildman–Crippen MR) is 80.8 cm³/mol. The van der Waals surface area contributed by atoms with Crippen molar-refractivity contribution in [3.05, 3.63) is 41.9 Å². The summed E-state index contributed by atoms with van der Waals surface area (Å²) in [5.74, 6) is -0.576. The second-order valence-corrected chi connectivity index (χ2v) is 4.90. The molecule has 0 aliphatic carbocycles. The molecule has 124 valence electrons. The molecule has 0 radical (unpaired) electrons. The van der Waals surface area contributed by atoms with Crippen LogP contribution < -0.4 is 16.1 Å². The average Bonchev–Trinajstić information content (AvgIpc) is 3.16. The SMILES string of the molecule is CC(=O)NC1C=C(c2ccc(-n3cc(NC=O)nn3)c(F)c2)NO1. The van der Waals surface area contributed by atoms with Gasteiger partial charge in [0.1, 0.15) is 11.5 Å². The van der Waals surface area contributed by atoms with Gasteiger partial charge in [-0.3, -0.25) is 15.1 Å². The Kier molecular flexibility index (Phi) is 4.20. The van der Waals surface area contributed by atoms with Gasteiger partial charge >= 0.3 is 0 Å². The second-order valence-electron chi connectivity index (χ2n) is 4.90. The van der Waals surface area contributed by atoms with Crippen molar-refractivity contribution in [1.29, 1.82) is 0 Å². The summed E-state index contributed by atoms with van der Waals surface area (Å²) in [5, 5.41) is 12.3. The molecule has 1 atom stereocenters. The van der Waals surface area contributed by atoms with Crippen LogP contribution in [0.5, 0.6) is 0 Å². The van der Waals surface area contributed by atoms with Crippen molar-refractivity contribution in [2.24, 2.45) is 0 Å². The maximum Gasteiger partial charge on any atom is 0.219 e. The highest BCUT2D eigenvalue weighted by molar-refractivity contribution is 5.74. The Bertz CT molecular complexity index is 819. The topological polar surface area (TPSA) is 110 Å². The molecule has 1 aromatic carbocycles. The molecule has 24 heavy (non-hydrogen) atoms. The Morgan fingerprint density at radius 3 is 3.04 bits per heavy atom. The monoisotopic (exact) mass is 332 g/mol. The third-order valence-electron chi connectivity index (χ3n) is 3.17. The van der Waals surface area contributed by atoms with E-state index in [1.165, 1.54) is 29.9 Å². The van der Waals surface area contributed by atoms with Crippen molar-refractivity contribution < 1.29 is 18.8 Å². The van der Waals surface area contributed by atoms with E-state index in [9.17, 15) is 14.0 Å². The van der Waals surface area contributed by atoms with Gasteiger partial charge in [-0.15, -0.1) is 5.10 Å². The van der Waals surface area contributed by atoms with Crippen molar-refractivity contribution in [2.75, 3.05) is 5.32 Å². The predicted octanol–water partition coefficient (Wildman–Crippen LogP) is 0.313. The van der Waals surface area contributed by atoms with Crippen LogP contribution in [0, 0.1) is 5.82 Å². The maximum absolute atomic E-state index is 14.3. The molecular formula is C14H13FN6O3. The molecule has 1 unspecified atom stereocenters. The molecule has 0 saturated carbocycles. The Morgan fingerprint density at radius 1 is 1.50 bits per heavy atom. The first-order chi connectivity index (χ1) is 11.6. The van der Waals surface area contributed by atoms with Crippen LogP contribution in [-0.4, -0.2) is 33.5 Å². The summed E-state index contributed by atoms with van der Waals surface area (Å²) in [6, 6.07) is 4.46. The highest BCUT2D eigenvalue weighted by Gasteiger charge is 2.19. The minimum Gasteiger partial charge on any atom is -0.326 e. The molecule has 0 fully saturated rings. The quantitative estimate of drug-likeness (QED) is 0.680. The standard InChI is InChI=1S/C14H13FN6O3/c1-8(23)17-14-5-11(19-24-14)9-2-3-12(10(15)4-9)21-6-13(16-7-22)18-20-21/h2-7,14,19H,1H3,(H,16,22)(H,17,23). The molecule has 10 heteroatoms. The Balaban J connectivity index is 1.82. The molecule has 1 aliphatic heterocycles. The molecule has 0 spiro atoms. The van der Waals surface area contributed by atoms with Crippen molar-refractivity contribution in [3.8, 4) is 5.69 Å². The number of nitrogens with zero attached hydrogens (tertiary/aromatic N) is 3. The number of aromatic nitrogens is 3. The van der Waals surface area contributed by atoms with Gasteiger partial charge < -0.3 is 10.6 Å². The molecular weight excluding hydrogens is 319 g/mol. The number of halogens is 1. The van der Waals surface area contributed by atoms with Crippen molar-refractivity contribution in [3.63, 3.8) is 0 Å². The molecule has 9 nitrogen and oxygen atoms in total. The number of amides is 2. The van der Waals surface area contributed by atoms with E-state index in [1.54, 1.807) is 12.1 Å². The van der Waals surface area contributed by atoms with Crippen molar-refractivity contribution in [2.45, 2.75) is 13.2 Å². The third kappa shape index (κ3) is 3.22. The number of hydrogen-bond donors (Lipinski definition) is 3. The van der Waals surface area contributed by atoms with E-state index >= 15 is 0 Å². The summed E-state index contributed by atoms with van der Waals surface area (Å²) in [7, 11) is 0. The van der Waals surface area contributed by atoms with Crippen LogP contribution in [0.1, 0.15) is 12.5 Å². The minimum absolute atomic E-state index is 0.170. The summed E-state index contributed by atoms with van der Waals surface area (Å²) in [4.78, 5) is 26.5. The summed E-state index contributed by atoms with van der Waals surface area (Å²) in [6.45, 7) is 1.37. The van der Waals surface area contributed by atoms with Gasteiger partial charge in [0, 0.05) is 12.5 Å². The molecule has 1 aliphatic rings. The number of carbonyl (C=O) groups is 2. The Labute approximate surface area is 135 Å². The summed E-state index contributed by atoms with van der Waals surface area (Å²) >= 11 is 0. The van der Waals surface area contributed by atoms with Crippen LogP contribution in [0.2, 0.25) is 0 Å². The first-order valence-corrected chi connectivity index (χ1v) is 6.90. The average molecular weight is 332 g/mol. The lowest BCUT2D eigenvalue weighted by Gasteiger charge is -2.07. The van der Waals surface area contributed by atoms with E-state index in [0.29, 0.717) is 17.7 Å². The van der Waals surface area contributed by atoms with Crippen LogP contribution in [0.4, 0.5) is 10.2 Å². The minimum atomic E-state index is -0.618. The Hall–Kier alpha value is -3.27. The molecule has 1 aromatic heterocycles. The Morgan fingerprint density at radius 2 is 2.33 bits per heavy atom. The van der Waals surface area contributed by atoms with Crippen LogP contribution in [0.15, 0.2) is 30.5 Å². The first-order valence-electron chi connectivity index (χ1n) is 6.90. The number of anilines is 1. The van der Waals surface area contributed by atoms with Gasteiger partial charge in [0.2, 0.25) is 12.3 Å². The van der Waals surface area contributed by atoms with Crippen LogP contribution >= 0.6 is 0 Å². The smallest absolute Gasteiger partial charge is 0.219 e. The lowest BCUT2D eigenvalue weighted by Crippen LogP contribution is -2.33. The highest BCUT2D eigenvalue weighted by Crippen LogP contribution is 2.22. The molecule has 2 heterocycles. The van der Waals surface area contributed by atoms with Crippen LogP contribution in [-0.2, 0) is 14.4 Å².